The van der Waals surface area contributed by atoms with Crippen LogP contribution in [0.15, 0.2) is 18.2 Å². The normalized spacial score (nSPS) is 15.0. The van der Waals surface area contributed by atoms with Crippen molar-refractivity contribution in [1.82, 2.24) is 0 Å². The van der Waals surface area contributed by atoms with Gasteiger partial charge in [-0.1, -0.05) is 50.5 Å². The molecule has 17 heavy (non-hydrogen) atoms. The monoisotopic (exact) mass is 233 g/mol. The van der Waals surface area contributed by atoms with Crippen LogP contribution in [0.3, 0.4) is 0 Å². The fraction of sp³-hybridized carbons (Fsp3) is 0.625. The van der Waals surface area contributed by atoms with E-state index in [0.29, 0.717) is 0 Å². The van der Waals surface area contributed by atoms with Crippen molar-refractivity contribution < 1.29 is 0 Å². The molecule has 1 nitrogen and oxygen atoms in total. The van der Waals surface area contributed by atoms with E-state index in [1.165, 1.54) is 29.5 Å². The lowest BCUT2D eigenvalue weighted by atomic mass is 9.83. The van der Waals surface area contributed by atoms with Gasteiger partial charge in [0.05, 0.1) is 0 Å². The van der Waals surface area contributed by atoms with Gasteiger partial charge in [0.1, 0.15) is 0 Å². The van der Waals surface area contributed by atoms with Crippen LogP contribution in [0.5, 0.6) is 0 Å². The molecule has 0 spiro atoms. The summed E-state index contributed by atoms with van der Waals surface area (Å²) in [6, 6.07) is 6.58. The number of hydrogen-bond acceptors (Lipinski definition) is 1. The van der Waals surface area contributed by atoms with Crippen molar-refractivity contribution in [2.24, 2.45) is 11.7 Å². The van der Waals surface area contributed by atoms with Crippen LogP contribution < -0.4 is 5.73 Å². The van der Waals surface area contributed by atoms with Crippen molar-refractivity contribution in [3.05, 3.63) is 34.9 Å². The molecule has 0 heterocycles. The molecule has 1 rings (SSSR count). The van der Waals surface area contributed by atoms with Crippen molar-refractivity contribution in [2.75, 3.05) is 0 Å². The van der Waals surface area contributed by atoms with Crippen molar-refractivity contribution in [3.8, 4) is 0 Å². The number of nitrogens with two attached hydrogens (primary N) is 1. The molecule has 0 aliphatic rings. The lowest BCUT2D eigenvalue weighted by Crippen LogP contribution is -2.33. The predicted octanol–water partition coefficient (Wildman–Crippen LogP) is 4.30. The lowest BCUT2D eigenvalue weighted by Gasteiger charge is -2.28. The van der Waals surface area contributed by atoms with Crippen molar-refractivity contribution in [1.29, 1.82) is 0 Å². The van der Waals surface area contributed by atoms with E-state index in [2.05, 4.69) is 52.8 Å². The summed E-state index contributed by atoms with van der Waals surface area (Å²) in [4.78, 5) is 0. The maximum absolute atomic E-state index is 6.49. The Balaban J connectivity index is 2.77. The minimum absolute atomic E-state index is 0.189. The van der Waals surface area contributed by atoms with Crippen molar-refractivity contribution >= 4 is 0 Å². The third-order valence-corrected chi connectivity index (χ3v) is 3.49. The summed E-state index contributed by atoms with van der Waals surface area (Å²) >= 11 is 0. The maximum Gasteiger partial charge on any atom is 0.0383 e. The molecule has 1 aromatic carbocycles. The summed E-state index contributed by atoms with van der Waals surface area (Å²) in [5, 5.41) is 0. The number of hydrogen-bond donors (Lipinski definition) is 1. The Hall–Kier alpha value is -0.820. The van der Waals surface area contributed by atoms with Crippen LogP contribution in [0.25, 0.3) is 0 Å². The Morgan fingerprint density at radius 2 is 1.88 bits per heavy atom. The van der Waals surface area contributed by atoms with Gasteiger partial charge in [0.2, 0.25) is 0 Å². The van der Waals surface area contributed by atoms with Gasteiger partial charge < -0.3 is 5.73 Å². The van der Waals surface area contributed by atoms with Gasteiger partial charge in [-0.2, -0.15) is 0 Å². The van der Waals surface area contributed by atoms with Gasteiger partial charge in [0, 0.05) is 5.54 Å². The number of rotatable bonds is 5. The van der Waals surface area contributed by atoms with E-state index in [4.69, 9.17) is 5.73 Å². The van der Waals surface area contributed by atoms with E-state index < -0.39 is 0 Å². The van der Waals surface area contributed by atoms with E-state index in [9.17, 15) is 0 Å². The van der Waals surface area contributed by atoms with Gasteiger partial charge in [-0.15, -0.1) is 0 Å². The first-order valence-electron chi connectivity index (χ1n) is 6.69. The molecule has 96 valence electrons. The van der Waals surface area contributed by atoms with Crippen LogP contribution in [-0.4, -0.2) is 0 Å². The summed E-state index contributed by atoms with van der Waals surface area (Å²) in [7, 11) is 0. The van der Waals surface area contributed by atoms with E-state index >= 15 is 0 Å². The Morgan fingerprint density at radius 1 is 1.24 bits per heavy atom. The maximum atomic E-state index is 6.49. The van der Waals surface area contributed by atoms with Crippen LogP contribution in [-0.2, 0) is 5.54 Å². The predicted molar refractivity (Wildman–Crippen MR) is 76.1 cm³/mol. The highest BCUT2D eigenvalue weighted by molar-refractivity contribution is 5.35. The molecular formula is C16H27N. The molecule has 2 N–H and O–H groups in total. The first-order chi connectivity index (χ1) is 7.83. The highest BCUT2D eigenvalue weighted by Gasteiger charge is 2.22. The third kappa shape index (κ3) is 4.16. The largest absolute Gasteiger partial charge is 0.322 e. The molecule has 0 aliphatic carbocycles. The summed E-state index contributed by atoms with van der Waals surface area (Å²) < 4.78 is 0. The van der Waals surface area contributed by atoms with Crippen LogP contribution in [0.2, 0.25) is 0 Å². The molecule has 0 saturated carbocycles. The zero-order chi connectivity index (χ0) is 13.1. The van der Waals surface area contributed by atoms with E-state index in [0.717, 1.165) is 12.3 Å². The molecule has 1 atom stereocenters. The molecule has 0 aliphatic heterocycles. The summed E-state index contributed by atoms with van der Waals surface area (Å²) in [6.07, 6.45) is 3.53. The second-order valence-electron chi connectivity index (χ2n) is 6.02. The minimum atomic E-state index is -0.189. The van der Waals surface area contributed by atoms with Crippen LogP contribution in [0.1, 0.15) is 56.7 Å². The Labute approximate surface area is 106 Å². The Kier molecular flexibility index (Phi) is 4.76. The molecule has 0 saturated heterocycles. The second-order valence-corrected chi connectivity index (χ2v) is 6.02. The minimum Gasteiger partial charge on any atom is -0.322 e. The smallest absolute Gasteiger partial charge is 0.0383 e. The fourth-order valence-corrected chi connectivity index (χ4v) is 2.36. The van der Waals surface area contributed by atoms with Gasteiger partial charge in [-0.05, 0) is 44.2 Å². The fourth-order valence-electron chi connectivity index (χ4n) is 2.36. The molecule has 0 fully saturated rings. The molecule has 0 aromatic heterocycles. The lowest BCUT2D eigenvalue weighted by molar-refractivity contribution is 0.404. The Morgan fingerprint density at radius 3 is 2.47 bits per heavy atom. The van der Waals surface area contributed by atoms with Gasteiger partial charge in [0.25, 0.3) is 0 Å². The molecule has 0 bridgehead atoms. The standard InChI is InChI=1S/C16H27N/c1-12(2)7-6-10-16(5,17)15-11-13(3)8-9-14(15)4/h8-9,11-12H,6-7,10,17H2,1-5H3. The van der Waals surface area contributed by atoms with E-state index in [1.807, 2.05) is 0 Å². The third-order valence-electron chi connectivity index (χ3n) is 3.49. The summed E-state index contributed by atoms with van der Waals surface area (Å²) in [5.41, 5.74) is 10.2. The average Bonchev–Trinajstić information content (AvgIpc) is 2.20. The van der Waals surface area contributed by atoms with Gasteiger partial charge in [-0.3, -0.25) is 0 Å². The molecule has 1 aromatic rings. The zero-order valence-corrected chi connectivity index (χ0v) is 12.0. The first kappa shape index (κ1) is 14.2. The van der Waals surface area contributed by atoms with Gasteiger partial charge >= 0.3 is 0 Å². The Bertz CT molecular complexity index is 364. The van der Waals surface area contributed by atoms with Crippen molar-refractivity contribution in [2.45, 2.75) is 59.4 Å². The summed E-state index contributed by atoms with van der Waals surface area (Å²) in [5.74, 6) is 0.768. The zero-order valence-electron chi connectivity index (χ0n) is 12.0. The van der Waals surface area contributed by atoms with E-state index in [-0.39, 0.29) is 5.54 Å². The van der Waals surface area contributed by atoms with Crippen LogP contribution >= 0.6 is 0 Å². The molecule has 1 heteroatoms. The highest BCUT2D eigenvalue weighted by atomic mass is 14.7. The molecule has 1 unspecified atom stereocenters. The topological polar surface area (TPSA) is 26.0 Å². The first-order valence-corrected chi connectivity index (χ1v) is 6.69. The average molecular weight is 233 g/mol. The number of aryl methyl sites for hydroxylation is 2. The molecule has 0 radical (unpaired) electrons. The summed E-state index contributed by atoms with van der Waals surface area (Å²) in [6.45, 7) is 11.0. The van der Waals surface area contributed by atoms with Crippen molar-refractivity contribution in [3.63, 3.8) is 0 Å². The number of benzene rings is 1. The second kappa shape index (κ2) is 5.68. The molecule has 0 amide bonds. The highest BCUT2D eigenvalue weighted by Crippen LogP contribution is 2.28. The van der Waals surface area contributed by atoms with Crippen LogP contribution in [0, 0.1) is 19.8 Å². The SMILES string of the molecule is Cc1ccc(C)c(C(C)(N)CCCC(C)C)c1. The molecular weight excluding hydrogens is 206 g/mol. The van der Waals surface area contributed by atoms with Gasteiger partial charge in [-0.25, -0.2) is 0 Å². The quantitative estimate of drug-likeness (QED) is 0.806. The van der Waals surface area contributed by atoms with E-state index in [1.54, 1.807) is 0 Å². The van der Waals surface area contributed by atoms with Gasteiger partial charge in [0.15, 0.2) is 0 Å². The van der Waals surface area contributed by atoms with Crippen LogP contribution in [0.4, 0.5) is 0 Å².